The molecule has 1 aliphatic rings. The second-order valence-corrected chi connectivity index (χ2v) is 6.82. The summed E-state index contributed by atoms with van der Waals surface area (Å²) >= 11 is 6.16. The highest BCUT2D eigenvalue weighted by atomic mass is 35.5. The van der Waals surface area contributed by atoms with Crippen molar-refractivity contribution >= 4 is 23.4 Å². The van der Waals surface area contributed by atoms with Gasteiger partial charge in [-0.05, 0) is 19.1 Å². The third-order valence-corrected chi connectivity index (χ3v) is 4.82. The Morgan fingerprint density at radius 2 is 1.75 bits per heavy atom. The first kappa shape index (κ1) is 18.2. The molecule has 3 aromatic rings. The minimum atomic E-state index is -0.235. The van der Waals surface area contributed by atoms with Gasteiger partial charge in [0.25, 0.3) is 11.8 Å². The lowest BCUT2D eigenvalue weighted by Crippen LogP contribution is -2.50. The van der Waals surface area contributed by atoms with Crippen LogP contribution in [0.3, 0.4) is 0 Å². The molecule has 1 aromatic carbocycles. The molecule has 3 heterocycles. The van der Waals surface area contributed by atoms with Gasteiger partial charge in [0.1, 0.15) is 0 Å². The smallest absolute Gasteiger partial charge is 0.292 e. The van der Waals surface area contributed by atoms with E-state index >= 15 is 0 Å². The first-order chi connectivity index (χ1) is 13.5. The van der Waals surface area contributed by atoms with Crippen molar-refractivity contribution in [1.82, 2.24) is 30.0 Å². The predicted octanol–water partition coefficient (Wildman–Crippen LogP) is 1.82. The topological polar surface area (TPSA) is 97.4 Å². The molecule has 0 bridgehead atoms. The summed E-state index contributed by atoms with van der Waals surface area (Å²) < 4.78 is 6.50. The number of aromatic nitrogens is 4. The third-order valence-electron chi connectivity index (χ3n) is 4.50. The molecular formula is C18H17ClN6O3. The highest BCUT2D eigenvalue weighted by Crippen LogP contribution is 2.19. The number of amides is 2. The van der Waals surface area contributed by atoms with Crippen LogP contribution in [0.1, 0.15) is 26.7 Å². The van der Waals surface area contributed by atoms with E-state index in [2.05, 4.69) is 15.5 Å². The van der Waals surface area contributed by atoms with Crippen LogP contribution in [0, 0.1) is 6.92 Å². The Morgan fingerprint density at radius 1 is 1.07 bits per heavy atom. The average molecular weight is 401 g/mol. The van der Waals surface area contributed by atoms with E-state index in [1.54, 1.807) is 41.1 Å². The number of hydrogen-bond acceptors (Lipinski definition) is 6. The fourth-order valence-corrected chi connectivity index (χ4v) is 3.23. The first-order valence-corrected chi connectivity index (χ1v) is 9.10. The number of aryl methyl sites for hydroxylation is 1. The van der Waals surface area contributed by atoms with Crippen molar-refractivity contribution < 1.29 is 14.1 Å². The van der Waals surface area contributed by atoms with Gasteiger partial charge in [-0.15, -0.1) is 5.10 Å². The lowest BCUT2D eigenvalue weighted by molar-refractivity contribution is 0.0510. The van der Waals surface area contributed by atoms with Crippen LogP contribution in [0.5, 0.6) is 0 Å². The summed E-state index contributed by atoms with van der Waals surface area (Å²) in [5, 5.41) is 12.2. The number of para-hydroxylation sites is 1. The van der Waals surface area contributed by atoms with E-state index in [1.807, 2.05) is 12.1 Å². The number of piperazine rings is 1. The minimum Gasteiger partial charge on any atom is -0.351 e. The zero-order valence-electron chi connectivity index (χ0n) is 15.1. The Morgan fingerprint density at radius 3 is 2.39 bits per heavy atom. The molecule has 4 rings (SSSR count). The zero-order valence-corrected chi connectivity index (χ0v) is 15.8. The van der Waals surface area contributed by atoms with Crippen molar-refractivity contribution in [3.8, 4) is 5.69 Å². The maximum absolute atomic E-state index is 12.7. The van der Waals surface area contributed by atoms with Gasteiger partial charge in [-0.3, -0.25) is 9.59 Å². The molecule has 0 spiro atoms. The molecule has 0 aliphatic carbocycles. The summed E-state index contributed by atoms with van der Waals surface area (Å²) in [4.78, 5) is 28.4. The molecule has 144 valence electrons. The van der Waals surface area contributed by atoms with Crippen molar-refractivity contribution in [3.05, 3.63) is 58.7 Å². The van der Waals surface area contributed by atoms with Crippen molar-refractivity contribution in [1.29, 1.82) is 0 Å². The number of nitrogens with zero attached hydrogens (tertiary/aromatic N) is 6. The van der Waals surface area contributed by atoms with Crippen LogP contribution in [-0.2, 0) is 0 Å². The fourth-order valence-electron chi connectivity index (χ4n) is 3.01. The number of carbonyl (C=O) groups is 2. The Kier molecular flexibility index (Phi) is 4.82. The summed E-state index contributed by atoms with van der Waals surface area (Å²) in [5.41, 5.74) is 1.53. The largest absolute Gasteiger partial charge is 0.351 e. The quantitative estimate of drug-likeness (QED) is 0.665. The fraction of sp³-hybridized carbons (Fsp3) is 0.278. The second kappa shape index (κ2) is 7.43. The molecule has 2 amide bonds. The third kappa shape index (κ3) is 3.48. The van der Waals surface area contributed by atoms with Crippen molar-refractivity contribution in [2.24, 2.45) is 0 Å². The molecule has 0 saturated carbocycles. The van der Waals surface area contributed by atoms with Crippen LogP contribution in [0.2, 0.25) is 5.02 Å². The SMILES string of the molecule is Cc1cc(C(=O)N2CCN(C(=O)c3cn(-c4ccccc4Cl)nn3)CC2)on1. The van der Waals surface area contributed by atoms with Gasteiger partial charge < -0.3 is 14.3 Å². The summed E-state index contributed by atoms with van der Waals surface area (Å²) in [7, 11) is 0. The van der Waals surface area contributed by atoms with Gasteiger partial charge in [0.15, 0.2) is 5.69 Å². The second-order valence-electron chi connectivity index (χ2n) is 6.42. The predicted molar refractivity (Wildman–Crippen MR) is 99.4 cm³/mol. The Balaban J connectivity index is 1.41. The van der Waals surface area contributed by atoms with E-state index in [1.165, 1.54) is 4.68 Å². The first-order valence-electron chi connectivity index (χ1n) is 8.72. The molecule has 1 aliphatic heterocycles. The molecular weight excluding hydrogens is 384 g/mol. The molecule has 1 saturated heterocycles. The van der Waals surface area contributed by atoms with Crippen LogP contribution >= 0.6 is 11.6 Å². The normalized spacial score (nSPS) is 14.4. The number of rotatable bonds is 3. The molecule has 0 N–H and O–H groups in total. The van der Waals surface area contributed by atoms with Crippen LogP contribution in [0.15, 0.2) is 41.1 Å². The highest BCUT2D eigenvalue weighted by Gasteiger charge is 2.28. The number of halogens is 1. The van der Waals surface area contributed by atoms with E-state index < -0.39 is 0 Å². The number of carbonyl (C=O) groups excluding carboxylic acids is 2. The standard InChI is InChI=1S/C18H17ClN6O3/c1-12-10-16(28-21-12)18(27)24-8-6-23(7-9-24)17(26)14-11-25(22-20-14)15-5-3-2-4-13(15)19/h2-5,10-11H,6-9H2,1H3. The van der Waals surface area contributed by atoms with E-state index in [-0.39, 0.29) is 23.3 Å². The van der Waals surface area contributed by atoms with Crippen molar-refractivity contribution in [2.45, 2.75) is 6.92 Å². The number of benzene rings is 1. The van der Waals surface area contributed by atoms with Gasteiger partial charge in [0, 0.05) is 32.2 Å². The summed E-state index contributed by atoms with van der Waals surface area (Å²) in [6.45, 7) is 3.37. The van der Waals surface area contributed by atoms with Gasteiger partial charge >= 0.3 is 0 Å². The van der Waals surface area contributed by atoms with E-state index in [9.17, 15) is 9.59 Å². The molecule has 0 atom stereocenters. The monoisotopic (exact) mass is 400 g/mol. The maximum atomic E-state index is 12.7. The molecule has 0 unspecified atom stereocenters. The molecule has 9 nitrogen and oxygen atoms in total. The molecule has 10 heteroatoms. The van der Waals surface area contributed by atoms with Crippen LogP contribution in [0.25, 0.3) is 5.69 Å². The average Bonchev–Trinajstić information content (AvgIpc) is 3.37. The van der Waals surface area contributed by atoms with Crippen LogP contribution in [0.4, 0.5) is 0 Å². The summed E-state index contributed by atoms with van der Waals surface area (Å²) in [6, 6.07) is 8.78. The molecule has 2 aromatic heterocycles. The van der Waals surface area contributed by atoms with Gasteiger partial charge in [-0.1, -0.05) is 34.1 Å². The Labute approximate surface area is 165 Å². The molecule has 1 fully saturated rings. The maximum Gasteiger partial charge on any atom is 0.292 e. The van der Waals surface area contributed by atoms with Gasteiger partial charge in [0.05, 0.1) is 22.6 Å². The summed E-state index contributed by atoms with van der Waals surface area (Å²) in [6.07, 6.45) is 1.55. The van der Waals surface area contributed by atoms with Gasteiger partial charge in [-0.25, -0.2) is 4.68 Å². The van der Waals surface area contributed by atoms with Crippen molar-refractivity contribution in [3.63, 3.8) is 0 Å². The number of hydrogen-bond donors (Lipinski definition) is 0. The zero-order chi connectivity index (χ0) is 19.7. The molecule has 0 radical (unpaired) electrons. The van der Waals surface area contributed by atoms with E-state index in [0.29, 0.717) is 42.6 Å². The van der Waals surface area contributed by atoms with Gasteiger partial charge in [-0.2, -0.15) is 0 Å². The van der Waals surface area contributed by atoms with Gasteiger partial charge in [0.2, 0.25) is 5.76 Å². The highest BCUT2D eigenvalue weighted by molar-refractivity contribution is 6.32. The molecule has 28 heavy (non-hydrogen) atoms. The van der Waals surface area contributed by atoms with Crippen LogP contribution < -0.4 is 0 Å². The van der Waals surface area contributed by atoms with E-state index in [4.69, 9.17) is 16.1 Å². The van der Waals surface area contributed by atoms with E-state index in [0.717, 1.165) is 0 Å². The Bertz CT molecular complexity index is 1020. The van der Waals surface area contributed by atoms with Crippen LogP contribution in [-0.4, -0.2) is 67.9 Å². The summed E-state index contributed by atoms with van der Waals surface area (Å²) in [5.74, 6) is -0.252. The lowest BCUT2D eigenvalue weighted by Gasteiger charge is -2.33. The lowest BCUT2D eigenvalue weighted by atomic mass is 10.2. The Hall–Kier alpha value is -3.20. The van der Waals surface area contributed by atoms with Crippen molar-refractivity contribution in [2.75, 3.05) is 26.2 Å². The minimum absolute atomic E-state index is 0.208.